The van der Waals surface area contributed by atoms with Crippen LogP contribution in [0.25, 0.3) is 0 Å². The summed E-state index contributed by atoms with van der Waals surface area (Å²) in [4.78, 5) is 8.85. The van der Waals surface area contributed by atoms with Crippen molar-refractivity contribution in [3.05, 3.63) is 114 Å². The Morgan fingerprint density at radius 2 is 1.10 bits per heavy atom. The molecule has 0 N–H and O–H groups in total. The third-order valence-electron chi connectivity index (χ3n) is 4.74. The van der Waals surface area contributed by atoms with E-state index in [-0.39, 0.29) is 0 Å². The molecule has 0 spiro atoms. The first-order valence-corrected chi connectivity index (χ1v) is 11.8. The second-order valence-corrected chi connectivity index (χ2v) is 11.0. The highest BCUT2D eigenvalue weighted by Gasteiger charge is 2.30. The lowest BCUT2D eigenvalue weighted by Crippen LogP contribution is -2.29. The first-order chi connectivity index (χ1) is 14.1. The number of benzene rings is 3. The van der Waals surface area contributed by atoms with Crippen molar-refractivity contribution in [1.82, 2.24) is 9.97 Å². The summed E-state index contributed by atoms with van der Waals surface area (Å²) in [5, 5.41) is 3.87. The van der Waals surface area contributed by atoms with E-state index in [9.17, 15) is 0 Å². The maximum Gasteiger partial charge on any atom is 0.133 e. The van der Waals surface area contributed by atoms with Crippen LogP contribution in [-0.4, -0.2) is 14.7 Å². The zero-order chi connectivity index (χ0) is 20.3. The third kappa shape index (κ3) is 3.76. The monoisotopic (exact) mass is 436 g/mol. The number of hydrogen-bond acceptors (Lipinski definition) is 2. The molecule has 0 radical (unpaired) electrons. The van der Waals surface area contributed by atoms with Gasteiger partial charge in [0.15, 0.2) is 0 Å². The minimum Gasteiger partial charge on any atom is -0.232 e. The van der Waals surface area contributed by atoms with Gasteiger partial charge in [-0.2, -0.15) is 0 Å². The minimum atomic E-state index is -2.37. The van der Waals surface area contributed by atoms with Crippen LogP contribution in [-0.2, 0) is 0 Å². The van der Waals surface area contributed by atoms with E-state index in [2.05, 4.69) is 82.8 Å². The molecular weight excluding hydrogens is 418 g/mol. The van der Waals surface area contributed by atoms with Crippen LogP contribution in [0.3, 0.4) is 0 Å². The molecule has 144 valence electrons. The van der Waals surface area contributed by atoms with Crippen LogP contribution in [0.1, 0.15) is 11.5 Å². The molecule has 4 aromatic rings. The van der Waals surface area contributed by atoms with Gasteiger partial charge in [0.05, 0.1) is 10.4 Å². The molecule has 0 unspecified atom stereocenters. The lowest BCUT2D eigenvalue weighted by molar-refractivity contribution is 1.05. The van der Waals surface area contributed by atoms with Gasteiger partial charge in [-0.15, -0.1) is 0 Å². The molecule has 3 aromatic carbocycles. The van der Waals surface area contributed by atoms with Crippen LogP contribution in [0.5, 0.6) is 0 Å². The fourth-order valence-corrected chi connectivity index (χ4v) is 8.64. The average Bonchev–Trinajstić information content (AvgIpc) is 2.76. The van der Waals surface area contributed by atoms with Crippen molar-refractivity contribution in [3.63, 3.8) is 0 Å². The second-order valence-electron chi connectivity index (χ2n) is 6.59. The molecule has 0 aliphatic carbocycles. The van der Waals surface area contributed by atoms with E-state index in [4.69, 9.17) is 23.2 Å². The van der Waals surface area contributed by atoms with E-state index >= 15 is 0 Å². The standard InChI is InChI=1S/C24H19Cl2N2P/c1-18-27-22(17-23(25)28-18)24(26)29(19-11-5-2-6-12-19,20-13-7-3-8-14-20)21-15-9-4-10-16-21/h2-17H,1H3. The van der Waals surface area contributed by atoms with Crippen molar-refractivity contribution in [3.8, 4) is 0 Å². The molecule has 0 bridgehead atoms. The predicted molar refractivity (Wildman–Crippen MR) is 127 cm³/mol. The fourth-order valence-electron chi connectivity index (χ4n) is 3.55. The van der Waals surface area contributed by atoms with Crippen LogP contribution in [0, 0.1) is 6.92 Å². The molecule has 0 saturated carbocycles. The Balaban J connectivity index is 2.22. The van der Waals surface area contributed by atoms with Gasteiger partial charge in [-0.25, -0.2) is 9.97 Å². The highest BCUT2D eigenvalue weighted by molar-refractivity contribution is 7.97. The van der Waals surface area contributed by atoms with Gasteiger partial charge < -0.3 is 0 Å². The molecule has 1 aromatic heterocycles. The number of aromatic nitrogens is 2. The SMILES string of the molecule is Cc1nc(Cl)cc(C(Cl)=P(c2ccccc2)(c2ccccc2)c2ccccc2)n1. The highest BCUT2D eigenvalue weighted by atomic mass is 35.5. The van der Waals surface area contributed by atoms with Crippen molar-refractivity contribution in [2.45, 2.75) is 6.92 Å². The summed E-state index contributed by atoms with van der Waals surface area (Å²) in [5.74, 6) is 0.595. The minimum absolute atomic E-state index is 0.387. The van der Waals surface area contributed by atoms with Gasteiger partial charge in [0.2, 0.25) is 0 Å². The first-order valence-electron chi connectivity index (χ1n) is 9.23. The van der Waals surface area contributed by atoms with Gasteiger partial charge in [0, 0.05) is 6.07 Å². The van der Waals surface area contributed by atoms with Crippen LogP contribution in [0.2, 0.25) is 5.15 Å². The molecular formula is C24H19Cl2N2P. The Bertz CT molecular complexity index is 1050. The summed E-state index contributed by atoms with van der Waals surface area (Å²) < 4.78 is 0.688. The van der Waals surface area contributed by atoms with Crippen molar-refractivity contribution < 1.29 is 0 Å². The van der Waals surface area contributed by atoms with Crippen molar-refractivity contribution in [2.75, 3.05) is 0 Å². The fraction of sp³-hybridized carbons (Fsp3) is 0.0417. The molecule has 0 atom stereocenters. The summed E-state index contributed by atoms with van der Waals surface area (Å²) in [6.45, 7) is -0.546. The van der Waals surface area contributed by atoms with E-state index in [1.807, 2.05) is 25.1 Å². The van der Waals surface area contributed by atoms with Crippen molar-refractivity contribution in [1.29, 1.82) is 0 Å². The van der Waals surface area contributed by atoms with Gasteiger partial charge in [0.25, 0.3) is 0 Å². The number of hydrogen-bond donors (Lipinski definition) is 0. The van der Waals surface area contributed by atoms with Gasteiger partial charge in [-0.3, -0.25) is 0 Å². The molecule has 29 heavy (non-hydrogen) atoms. The topological polar surface area (TPSA) is 25.8 Å². The van der Waals surface area contributed by atoms with Crippen LogP contribution >= 0.6 is 30.1 Å². The lowest BCUT2D eigenvalue weighted by atomic mass is 10.4. The van der Waals surface area contributed by atoms with Gasteiger partial charge in [-0.05, 0) is 29.7 Å². The zero-order valence-corrected chi connectivity index (χ0v) is 18.2. The molecule has 0 aliphatic heterocycles. The Hall–Kier alpha value is -2.38. The number of halogens is 2. The molecule has 2 nitrogen and oxygen atoms in total. The molecule has 1 heterocycles. The van der Waals surface area contributed by atoms with E-state index < -0.39 is 6.89 Å². The Labute approximate surface area is 181 Å². The Morgan fingerprint density at radius 3 is 1.48 bits per heavy atom. The summed E-state index contributed by atoms with van der Waals surface area (Å²) >= 11 is 13.6. The summed E-state index contributed by atoms with van der Waals surface area (Å²) in [6.07, 6.45) is 0. The Kier molecular flexibility index (Phi) is 5.87. The van der Waals surface area contributed by atoms with E-state index in [1.54, 1.807) is 6.07 Å². The highest BCUT2D eigenvalue weighted by Crippen LogP contribution is 2.48. The first kappa shape index (κ1) is 19.9. The summed E-state index contributed by atoms with van der Waals surface area (Å²) in [7, 11) is 0. The lowest BCUT2D eigenvalue weighted by Gasteiger charge is -2.30. The van der Waals surface area contributed by atoms with Crippen molar-refractivity contribution >= 4 is 50.8 Å². The van der Waals surface area contributed by atoms with Crippen LogP contribution in [0.15, 0.2) is 97.1 Å². The second kappa shape index (κ2) is 8.55. The number of nitrogens with zero attached hydrogens (tertiary/aromatic N) is 2. The molecule has 0 saturated heterocycles. The summed E-state index contributed by atoms with van der Waals surface area (Å²) in [5.41, 5.74) is 0.661. The van der Waals surface area contributed by atoms with E-state index in [0.717, 1.165) is 15.9 Å². The molecule has 0 amide bonds. The van der Waals surface area contributed by atoms with Gasteiger partial charge in [0.1, 0.15) is 11.0 Å². The maximum absolute atomic E-state index is 7.29. The largest absolute Gasteiger partial charge is 0.232 e. The maximum atomic E-state index is 7.29. The van der Waals surface area contributed by atoms with E-state index in [0.29, 0.717) is 21.4 Å². The molecule has 0 aliphatic rings. The average molecular weight is 437 g/mol. The van der Waals surface area contributed by atoms with Crippen molar-refractivity contribution in [2.24, 2.45) is 0 Å². The quantitative estimate of drug-likeness (QED) is 0.326. The Morgan fingerprint density at radius 1 is 0.690 bits per heavy atom. The number of rotatable bonds is 4. The molecule has 5 heteroatoms. The molecule has 4 rings (SSSR count). The smallest absolute Gasteiger partial charge is 0.133 e. The van der Waals surface area contributed by atoms with Gasteiger partial charge in [-0.1, -0.05) is 114 Å². The third-order valence-corrected chi connectivity index (χ3v) is 9.93. The summed E-state index contributed by atoms with van der Waals surface area (Å²) in [6, 6.07) is 33.0. The van der Waals surface area contributed by atoms with Gasteiger partial charge >= 0.3 is 0 Å². The van der Waals surface area contributed by atoms with Crippen LogP contribution in [0.4, 0.5) is 0 Å². The van der Waals surface area contributed by atoms with E-state index in [1.165, 1.54) is 0 Å². The predicted octanol–water partition coefficient (Wildman–Crippen LogP) is 5.15. The normalized spacial score (nSPS) is 11.3. The zero-order valence-electron chi connectivity index (χ0n) is 15.8. The number of aryl methyl sites for hydroxylation is 1. The molecule has 0 fully saturated rings. The van der Waals surface area contributed by atoms with Crippen LogP contribution < -0.4 is 15.9 Å².